The Hall–Kier alpha value is -0.610. The van der Waals surface area contributed by atoms with E-state index in [2.05, 4.69) is 17.2 Å². The lowest BCUT2D eigenvalue weighted by atomic mass is 10.2. The Labute approximate surface area is 83.4 Å². The molecule has 4 heteroatoms. The van der Waals surface area contributed by atoms with E-state index in [0.717, 1.165) is 30.2 Å². The molecule has 13 heavy (non-hydrogen) atoms. The van der Waals surface area contributed by atoms with Gasteiger partial charge in [-0.15, -0.1) is 11.3 Å². The second-order valence-corrected chi connectivity index (χ2v) is 4.04. The maximum Gasteiger partial charge on any atom is 0.182 e. The molecule has 1 heterocycles. The summed E-state index contributed by atoms with van der Waals surface area (Å²) in [6.07, 6.45) is 2.05. The van der Waals surface area contributed by atoms with Crippen LogP contribution in [0.3, 0.4) is 0 Å². The Morgan fingerprint density at radius 2 is 2.46 bits per heavy atom. The Balaban J connectivity index is 2.20. The molecule has 0 aliphatic heterocycles. The minimum absolute atomic E-state index is 0.313. The second-order valence-electron chi connectivity index (χ2n) is 3.18. The summed E-state index contributed by atoms with van der Waals surface area (Å²) in [6, 6.07) is 0.313. The number of nitrogens with two attached hydrogens (primary N) is 1. The molecule has 1 rings (SSSR count). The van der Waals surface area contributed by atoms with Crippen molar-refractivity contribution in [2.45, 2.75) is 32.7 Å². The SMILES string of the molecule is CCC(N)CCNc1nc(C)cs1. The van der Waals surface area contributed by atoms with E-state index < -0.39 is 0 Å². The van der Waals surface area contributed by atoms with Gasteiger partial charge in [0.1, 0.15) is 0 Å². The van der Waals surface area contributed by atoms with Gasteiger partial charge in [0.05, 0.1) is 5.69 Å². The number of thiazole rings is 1. The molecule has 3 nitrogen and oxygen atoms in total. The van der Waals surface area contributed by atoms with Crippen molar-refractivity contribution in [3.8, 4) is 0 Å². The van der Waals surface area contributed by atoms with Gasteiger partial charge in [-0.2, -0.15) is 0 Å². The van der Waals surface area contributed by atoms with E-state index in [1.807, 2.05) is 12.3 Å². The lowest BCUT2D eigenvalue weighted by Crippen LogP contribution is -2.22. The van der Waals surface area contributed by atoms with Crippen LogP contribution in [0.1, 0.15) is 25.5 Å². The van der Waals surface area contributed by atoms with Gasteiger partial charge in [0.15, 0.2) is 5.13 Å². The van der Waals surface area contributed by atoms with Gasteiger partial charge in [0.2, 0.25) is 0 Å². The second kappa shape index (κ2) is 5.19. The maximum atomic E-state index is 5.79. The molecule has 1 aromatic heterocycles. The third-order valence-corrected chi connectivity index (χ3v) is 2.85. The number of aryl methyl sites for hydroxylation is 1. The van der Waals surface area contributed by atoms with Crippen LogP contribution in [-0.4, -0.2) is 17.6 Å². The number of rotatable bonds is 5. The number of anilines is 1. The highest BCUT2D eigenvalue weighted by molar-refractivity contribution is 7.13. The molecule has 0 bridgehead atoms. The smallest absolute Gasteiger partial charge is 0.182 e. The van der Waals surface area contributed by atoms with Crippen LogP contribution in [0.2, 0.25) is 0 Å². The highest BCUT2D eigenvalue weighted by atomic mass is 32.1. The molecule has 1 atom stereocenters. The van der Waals surface area contributed by atoms with Crippen LogP contribution < -0.4 is 11.1 Å². The molecular formula is C9H17N3S. The molecule has 0 saturated carbocycles. The molecule has 0 spiro atoms. The maximum absolute atomic E-state index is 5.79. The molecule has 0 radical (unpaired) electrons. The predicted molar refractivity (Wildman–Crippen MR) is 58.2 cm³/mol. The Kier molecular flexibility index (Phi) is 4.18. The topological polar surface area (TPSA) is 50.9 Å². The van der Waals surface area contributed by atoms with Gasteiger partial charge in [-0.3, -0.25) is 0 Å². The van der Waals surface area contributed by atoms with Gasteiger partial charge in [-0.1, -0.05) is 6.92 Å². The summed E-state index contributed by atoms with van der Waals surface area (Å²) in [5.74, 6) is 0. The first-order valence-corrected chi connectivity index (χ1v) is 5.52. The Bertz CT molecular complexity index is 247. The highest BCUT2D eigenvalue weighted by Crippen LogP contribution is 2.14. The van der Waals surface area contributed by atoms with E-state index >= 15 is 0 Å². The van der Waals surface area contributed by atoms with Crippen molar-refractivity contribution in [3.05, 3.63) is 11.1 Å². The summed E-state index contributed by atoms with van der Waals surface area (Å²) < 4.78 is 0. The normalized spacial score (nSPS) is 12.8. The summed E-state index contributed by atoms with van der Waals surface area (Å²) >= 11 is 1.65. The number of hydrogen-bond donors (Lipinski definition) is 2. The average molecular weight is 199 g/mol. The fourth-order valence-electron chi connectivity index (χ4n) is 1.00. The summed E-state index contributed by atoms with van der Waals surface area (Å²) in [5.41, 5.74) is 6.86. The van der Waals surface area contributed by atoms with Crippen molar-refractivity contribution in [1.29, 1.82) is 0 Å². The highest BCUT2D eigenvalue weighted by Gasteiger charge is 2.00. The van der Waals surface area contributed by atoms with Gasteiger partial charge in [-0.05, 0) is 19.8 Å². The largest absolute Gasteiger partial charge is 0.361 e. The van der Waals surface area contributed by atoms with Crippen LogP contribution in [-0.2, 0) is 0 Å². The van der Waals surface area contributed by atoms with Crippen LogP contribution in [0.4, 0.5) is 5.13 Å². The molecule has 0 fully saturated rings. The quantitative estimate of drug-likeness (QED) is 0.762. The van der Waals surface area contributed by atoms with Crippen molar-refractivity contribution in [3.63, 3.8) is 0 Å². The van der Waals surface area contributed by atoms with E-state index in [9.17, 15) is 0 Å². The van der Waals surface area contributed by atoms with Gasteiger partial charge in [0.25, 0.3) is 0 Å². The lowest BCUT2D eigenvalue weighted by Gasteiger charge is -2.08. The van der Waals surface area contributed by atoms with Crippen molar-refractivity contribution >= 4 is 16.5 Å². The molecule has 1 aromatic rings. The molecule has 3 N–H and O–H groups in total. The first kappa shape index (κ1) is 10.5. The number of hydrogen-bond acceptors (Lipinski definition) is 4. The van der Waals surface area contributed by atoms with E-state index in [-0.39, 0.29) is 0 Å². The molecule has 74 valence electrons. The van der Waals surface area contributed by atoms with E-state index in [1.54, 1.807) is 11.3 Å². The van der Waals surface area contributed by atoms with Crippen LogP contribution in [0, 0.1) is 6.92 Å². The predicted octanol–water partition coefficient (Wildman–Crippen LogP) is 1.99. The molecule has 0 amide bonds. The van der Waals surface area contributed by atoms with Gasteiger partial charge in [0, 0.05) is 18.0 Å². The van der Waals surface area contributed by atoms with Crippen molar-refractivity contribution in [2.75, 3.05) is 11.9 Å². The first-order chi connectivity index (χ1) is 6.22. The van der Waals surface area contributed by atoms with Crippen LogP contribution in [0.5, 0.6) is 0 Å². The van der Waals surface area contributed by atoms with E-state index in [0.29, 0.717) is 6.04 Å². The standard InChI is InChI=1S/C9H17N3S/c1-3-8(10)4-5-11-9-12-7(2)6-13-9/h6,8H,3-5,10H2,1-2H3,(H,11,12). The zero-order valence-electron chi connectivity index (χ0n) is 8.21. The zero-order chi connectivity index (χ0) is 9.68. The van der Waals surface area contributed by atoms with Gasteiger partial charge in [-0.25, -0.2) is 4.98 Å². The summed E-state index contributed by atoms with van der Waals surface area (Å²) in [6.45, 7) is 5.03. The number of aromatic nitrogens is 1. The van der Waals surface area contributed by atoms with Crippen molar-refractivity contribution in [2.24, 2.45) is 5.73 Å². The third kappa shape index (κ3) is 3.74. The Morgan fingerprint density at radius 3 is 3.00 bits per heavy atom. The summed E-state index contributed by atoms with van der Waals surface area (Å²) in [4.78, 5) is 4.30. The van der Waals surface area contributed by atoms with Crippen molar-refractivity contribution in [1.82, 2.24) is 4.98 Å². The van der Waals surface area contributed by atoms with Crippen molar-refractivity contribution < 1.29 is 0 Å². The van der Waals surface area contributed by atoms with E-state index in [4.69, 9.17) is 5.73 Å². The number of nitrogens with zero attached hydrogens (tertiary/aromatic N) is 1. The van der Waals surface area contributed by atoms with E-state index in [1.165, 1.54) is 0 Å². The molecule has 0 aromatic carbocycles. The van der Waals surface area contributed by atoms with Crippen LogP contribution in [0.25, 0.3) is 0 Å². The first-order valence-electron chi connectivity index (χ1n) is 4.64. The third-order valence-electron chi connectivity index (χ3n) is 1.93. The van der Waals surface area contributed by atoms with Crippen LogP contribution in [0.15, 0.2) is 5.38 Å². The molecule has 0 aliphatic carbocycles. The fourth-order valence-corrected chi connectivity index (χ4v) is 1.72. The molecule has 1 unspecified atom stereocenters. The van der Waals surface area contributed by atoms with Gasteiger partial charge < -0.3 is 11.1 Å². The molecular weight excluding hydrogens is 182 g/mol. The average Bonchev–Trinajstić information content (AvgIpc) is 2.51. The zero-order valence-corrected chi connectivity index (χ0v) is 9.03. The monoisotopic (exact) mass is 199 g/mol. The fraction of sp³-hybridized carbons (Fsp3) is 0.667. The van der Waals surface area contributed by atoms with Crippen LogP contribution >= 0.6 is 11.3 Å². The summed E-state index contributed by atoms with van der Waals surface area (Å²) in [7, 11) is 0. The minimum Gasteiger partial charge on any atom is -0.361 e. The summed E-state index contributed by atoms with van der Waals surface area (Å²) in [5, 5.41) is 6.30. The van der Waals surface area contributed by atoms with Gasteiger partial charge >= 0.3 is 0 Å². The molecule has 0 aliphatic rings. The molecule has 0 saturated heterocycles. The Morgan fingerprint density at radius 1 is 1.69 bits per heavy atom. The lowest BCUT2D eigenvalue weighted by molar-refractivity contribution is 0.613. The number of nitrogens with one attached hydrogen (secondary N) is 1. The minimum atomic E-state index is 0.313.